The first-order valence-electron chi connectivity index (χ1n) is 6.74. The van der Waals surface area contributed by atoms with Crippen LogP contribution in [0.5, 0.6) is 0 Å². The molecule has 1 aliphatic heterocycles. The van der Waals surface area contributed by atoms with Crippen LogP contribution < -0.4 is 5.32 Å². The highest BCUT2D eigenvalue weighted by Crippen LogP contribution is 2.28. The number of hydrogen-bond donors (Lipinski definition) is 1. The highest BCUT2D eigenvalue weighted by Gasteiger charge is 2.42. The summed E-state index contributed by atoms with van der Waals surface area (Å²) in [6, 6.07) is 0.114. The van der Waals surface area contributed by atoms with E-state index >= 15 is 0 Å². The minimum absolute atomic E-state index is 0.0116. The lowest BCUT2D eigenvalue weighted by Crippen LogP contribution is -2.57. The highest BCUT2D eigenvalue weighted by molar-refractivity contribution is 5.93. The molecular formula is C14H26N2O2. The second-order valence-corrected chi connectivity index (χ2v) is 6.52. The second kappa shape index (κ2) is 4.90. The Hall–Kier alpha value is -1.06. The first kappa shape index (κ1) is 15.0. The first-order chi connectivity index (χ1) is 8.12. The molecule has 1 N–H and O–H groups in total. The van der Waals surface area contributed by atoms with Crippen molar-refractivity contribution in [3.05, 3.63) is 0 Å². The molecule has 4 heteroatoms. The Balaban J connectivity index is 3.06. The van der Waals surface area contributed by atoms with Crippen LogP contribution in [0.3, 0.4) is 0 Å². The molecule has 1 fully saturated rings. The maximum Gasteiger partial charge on any atom is 0.248 e. The third kappa shape index (κ3) is 2.85. The Morgan fingerprint density at radius 1 is 1.39 bits per heavy atom. The number of rotatable bonds is 2. The maximum atomic E-state index is 12.6. The normalized spacial score (nSPS) is 27.8. The van der Waals surface area contributed by atoms with Gasteiger partial charge in [0.15, 0.2) is 0 Å². The molecule has 2 atom stereocenters. The van der Waals surface area contributed by atoms with Crippen molar-refractivity contribution in [2.75, 3.05) is 6.54 Å². The number of amides is 2. The fourth-order valence-electron chi connectivity index (χ4n) is 2.14. The summed E-state index contributed by atoms with van der Waals surface area (Å²) in [7, 11) is 0. The van der Waals surface area contributed by atoms with E-state index in [0.717, 1.165) is 0 Å². The Morgan fingerprint density at radius 3 is 2.39 bits per heavy atom. The van der Waals surface area contributed by atoms with Crippen molar-refractivity contribution in [1.82, 2.24) is 10.2 Å². The predicted octanol–water partition coefficient (Wildman–Crippen LogP) is 1.94. The largest absolute Gasteiger partial charge is 0.342 e. The SMILES string of the molecule is CCC1(C)NC(=O)CCN(C(C)C(C)(C)C)C1=O. The summed E-state index contributed by atoms with van der Waals surface area (Å²) in [6.45, 7) is 12.7. The minimum Gasteiger partial charge on any atom is -0.342 e. The molecule has 0 bridgehead atoms. The third-order valence-electron chi connectivity index (χ3n) is 4.16. The molecule has 0 saturated carbocycles. The van der Waals surface area contributed by atoms with Crippen LogP contribution in [0.2, 0.25) is 0 Å². The average Bonchev–Trinajstić information content (AvgIpc) is 2.36. The van der Waals surface area contributed by atoms with Crippen molar-refractivity contribution < 1.29 is 9.59 Å². The molecular weight excluding hydrogens is 228 g/mol. The standard InChI is InChI=1S/C14H26N2O2/c1-7-14(6)12(18)16(9-8-11(17)15-14)10(2)13(3,4)5/h10H,7-9H2,1-6H3,(H,15,17). The first-order valence-corrected chi connectivity index (χ1v) is 6.74. The van der Waals surface area contributed by atoms with E-state index in [4.69, 9.17) is 0 Å². The number of carbonyl (C=O) groups excluding carboxylic acids is 2. The van der Waals surface area contributed by atoms with E-state index in [1.807, 2.05) is 18.7 Å². The lowest BCUT2D eigenvalue weighted by atomic mass is 9.85. The molecule has 18 heavy (non-hydrogen) atoms. The number of nitrogens with zero attached hydrogens (tertiary/aromatic N) is 1. The lowest BCUT2D eigenvalue weighted by Gasteiger charge is -2.40. The van der Waals surface area contributed by atoms with Crippen LogP contribution in [-0.2, 0) is 9.59 Å². The lowest BCUT2D eigenvalue weighted by molar-refractivity contribution is -0.142. The van der Waals surface area contributed by atoms with E-state index in [-0.39, 0.29) is 23.3 Å². The van der Waals surface area contributed by atoms with Crippen molar-refractivity contribution in [1.29, 1.82) is 0 Å². The van der Waals surface area contributed by atoms with Gasteiger partial charge in [0.2, 0.25) is 11.8 Å². The van der Waals surface area contributed by atoms with Gasteiger partial charge in [-0.1, -0.05) is 27.7 Å². The zero-order valence-electron chi connectivity index (χ0n) is 12.5. The van der Waals surface area contributed by atoms with Crippen LogP contribution in [-0.4, -0.2) is 34.8 Å². The molecule has 2 amide bonds. The molecule has 0 aromatic carbocycles. The molecule has 104 valence electrons. The number of carbonyl (C=O) groups is 2. The van der Waals surface area contributed by atoms with Gasteiger partial charge in [-0.25, -0.2) is 0 Å². The van der Waals surface area contributed by atoms with Crippen molar-refractivity contribution in [2.24, 2.45) is 5.41 Å². The molecule has 1 saturated heterocycles. The monoisotopic (exact) mass is 254 g/mol. The van der Waals surface area contributed by atoms with Crippen LogP contribution in [0.4, 0.5) is 0 Å². The van der Waals surface area contributed by atoms with Gasteiger partial charge < -0.3 is 10.2 Å². The van der Waals surface area contributed by atoms with E-state index in [2.05, 4.69) is 33.0 Å². The third-order valence-corrected chi connectivity index (χ3v) is 4.16. The van der Waals surface area contributed by atoms with Crippen LogP contribution in [0.25, 0.3) is 0 Å². The van der Waals surface area contributed by atoms with E-state index in [9.17, 15) is 9.59 Å². The number of hydrogen-bond acceptors (Lipinski definition) is 2. The Kier molecular flexibility index (Phi) is 4.08. The predicted molar refractivity (Wildman–Crippen MR) is 72.1 cm³/mol. The van der Waals surface area contributed by atoms with E-state index in [1.165, 1.54) is 0 Å². The molecule has 0 radical (unpaired) electrons. The van der Waals surface area contributed by atoms with Crippen LogP contribution in [0.1, 0.15) is 54.4 Å². The van der Waals surface area contributed by atoms with Gasteiger partial charge in [0, 0.05) is 19.0 Å². The fraction of sp³-hybridized carbons (Fsp3) is 0.857. The molecule has 0 aromatic heterocycles. The van der Waals surface area contributed by atoms with Crippen molar-refractivity contribution in [3.63, 3.8) is 0 Å². The summed E-state index contributed by atoms with van der Waals surface area (Å²) in [5.74, 6) is 0.00887. The highest BCUT2D eigenvalue weighted by atomic mass is 16.2. The van der Waals surface area contributed by atoms with Gasteiger partial charge >= 0.3 is 0 Å². The fourth-order valence-corrected chi connectivity index (χ4v) is 2.14. The summed E-state index contributed by atoms with van der Waals surface area (Å²) in [4.78, 5) is 26.2. The Morgan fingerprint density at radius 2 is 1.94 bits per heavy atom. The summed E-state index contributed by atoms with van der Waals surface area (Å²) >= 11 is 0. The molecule has 4 nitrogen and oxygen atoms in total. The van der Waals surface area contributed by atoms with Crippen molar-refractivity contribution in [2.45, 2.75) is 66.0 Å². The Labute approximate surface area is 110 Å². The van der Waals surface area contributed by atoms with Gasteiger partial charge in [-0.3, -0.25) is 9.59 Å². The zero-order chi connectivity index (χ0) is 14.1. The number of nitrogens with one attached hydrogen (secondary N) is 1. The molecule has 1 aliphatic rings. The molecule has 0 aromatic rings. The van der Waals surface area contributed by atoms with Crippen LogP contribution >= 0.6 is 0 Å². The molecule has 1 rings (SSSR count). The Bertz CT molecular complexity index is 346. The van der Waals surface area contributed by atoms with Gasteiger partial charge in [0.05, 0.1) is 0 Å². The van der Waals surface area contributed by atoms with Gasteiger partial charge in [-0.05, 0) is 25.7 Å². The maximum absolute atomic E-state index is 12.6. The van der Waals surface area contributed by atoms with Gasteiger partial charge in [-0.2, -0.15) is 0 Å². The molecule has 2 unspecified atom stereocenters. The smallest absolute Gasteiger partial charge is 0.248 e. The summed E-state index contributed by atoms with van der Waals surface area (Å²) in [5.41, 5.74) is -0.745. The quantitative estimate of drug-likeness (QED) is 0.818. The van der Waals surface area contributed by atoms with E-state index in [1.54, 1.807) is 0 Å². The molecule has 0 spiro atoms. The van der Waals surface area contributed by atoms with E-state index in [0.29, 0.717) is 19.4 Å². The van der Waals surface area contributed by atoms with Crippen molar-refractivity contribution >= 4 is 11.8 Å². The summed E-state index contributed by atoms with van der Waals surface area (Å²) in [6.07, 6.45) is 1.01. The van der Waals surface area contributed by atoms with Crippen LogP contribution in [0.15, 0.2) is 0 Å². The molecule has 0 aliphatic carbocycles. The average molecular weight is 254 g/mol. The topological polar surface area (TPSA) is 49.4 Å². The van der Waals surface area contributed by atoms with E-state index < -0.39 is 5.54 Å². The minimum atomic E-state index is -0.757. The summed E-state index contributed by atoms with van der Waals surface area (Å²) in [5, 5.41) is 2.86. The van der Waals surface area contributed by atoms with Crippen LogP contribution in [0, 0.1) is 5.41 Å². The zero-order valence-corrected chi connectivity index (χ0v) is 12.5. The van der Waals surface area contributed by atoms with Gasteiger partial charge in [0.1, 0.15) is 5.54 Å². The van der Waals surface area contributed by atoms with Crippen molar-refractivity contribution in [3.8, 4) is 0 Å². The molecule has 1 heterocycles. The van der Waals surface area contributed by atoms with Gasteiger partial charge in [0.25, 0.3) is 0 Å². The second-order valence-electron chi connectivity index (χ2n) is 6.52. The summed E-state index contributed by atoms with van der Waals surface area (Å²) < 4.78 is 0. The van der Waals surface area contributed by atoms with Gasteiger partial charge in [-0.15, -0.1) is 0 Å².